The van der Waals surface area contributed by atoms with Crippen molar-refractivity contribution in [1.82, 2.24) is 15.0 Å². The van der Waals surface area contributed by atoms with E-state index in [2.05, 4.69) is 30.9 Å². The molecule has 1 aromatic carbocycles. The molecule has 0 spiro atoms. The Morgan fingerprint density at radius 2 is 1.56 bits per heavy atom. The fourth-order valence-corrected chi connectivity index (χ4v) is 2.76. The molecule has 178 valence electrons. The van der Waals surface area contributed by atoms with Crippen LogP contribution in [0.2, 0.25) is 0 Å². The minimum atomic E-state index is 0.174. The topological polar surface area (TPSA) is 138 Å². The molecule has 2 aromatic rings. The third-order valence-electron chi connectivity index (χ3n) is 4.14. The Hall–Kier alpha value is -2.89. The van der Waals surface area contributed by atoms with Gasteiger partial charge in [-0.3, -0.25) is 0 Å². The second-order valence-electron chi connectivity index (χ2n) is 7.05. The van der Waals surface area contributed by atoms with Gasteiger partial charge < -0.3 is 40.6 Å². The first-order valence-corrected chi connectivity index (χ1v) is 10.6. The van der Waals surface area contributed by atoms with E-state index in [1.807, 2.05) is 32.0 Å². The molecule has 1 heterocycles. The molecule has 1 aromatic heterocycles. The monoisotopic (exact) mass is 449 g/mol. The molecule has 2 rings (SSSR count). The van der Waals surface area contributed by atoms with Crippen LogP contribution in [-0.4, -0.2) is 74.7 Å². The highest BCUT2D eigenvalue weighted by Crippen LogP contribution is 2.31. The maximum absolute atomic E-state index is 5.52. The zero-order valence-corrected chi connectivity index (χ0v) is 19.3. The van der Waals surface area contributed by atoms with E-state index in [1.54, 1.807) is 14.2 Å². The first kappa shape index (κ1) is 25.4. The predicted molar refractivity (Wildman–Crippen MR) is 125 cm³/mol. The third kappa shape index (κ3) is 8.69. The van der Waals surface area contributed by atoms with Crippen molar-refractivity contribution in [3.05, 3.63) is 23.8 Å². The van der Waals surface area contributed by atoms with Crippen LogP contribution in [0.4, 0.5) is 17.8 Å². The van der Waals surface area contributed by atoms with Gasteiger partial charge in [0.15, 0.2) is 11.5 Å². The lowest BCUT2D eigenvalue weighted by Gasteiger charge is -2.15. The Labute approximate surface area is 189 Å². The molecule has 0 saturated heterocycles. The molecule has 5 N–H and O–H groups in total. The van der Waals surface area contributed by atoms with Crippen molar-refractivity contribution >= 4 is 17.8 Å². The lowest BCUT2D eigenvalue weighted by molar-refractivity contribution is 0.0547. The molecule has 0 radical (unpaired) electrons. The molecule has 0 atom stereocenters. The number of nitrogens with one attached hydrogen (secondary N) is 3. The fourth-order valence-electron chi connectivity index (χ4n) is 2.76. The van der Waals surface area contributed by atoms with Crippen LogP contribution >= 0.6 is 0 Å². The summed E-state index contributed by atoms with van der Waals surface area (Å²) in [6.07, 6.45) is 0. The number of benzene rings is 1. The van der Waals surface area contributed by atoms with Crippen LogP contribution in [0.3, 0.4) is 0 Å². The van der Waals surface area contributed by atoms with Gasteiger partial charge in [0.2, 0.25) is 17.8 Å². The number of rotatable bonds is 16. The molecule has 0 aliphatic rings. The van der Waals surface area contributed by atoms with Gasteiger partial charge in [-0.2, -0.15) is 15.0 Å². The Morgan fingerprint density at radius 3 is 2.22 bits per heavy atom. The number of para-hydroxylation sites is 1. The predicted octanol–water partition coefficient (Wildman–Crippen LogP) is 1.73. The Bertz CT molecular complexity index is 808. The van der Waals surface area contributed by atoms with Gasteiger partial charge in [0.1, 0.15) is 0 Å². The molecule has 0 fully saturated rings. The zero-order valence-electron chi connectivity index (χ0n) is 19.3. The van der Waals surface area contributed by atoms with Crippen molar-refractivity contribution in [2.45, 2.75) is 26.4 Å². The van der Waals surface area contributed by atoms with Gasteiger partial charge >= 0.3 is 0 Å². The summed E-state index contributed by atoms with van der Waals surface area (Å²) < 4.78 is 21.7. The first-order valence-electron chi connectivity index (χ1n) is 10.6. The Morgan fingerprint density at radius 1 is 0.875 bits per heavy atom. The number of aromatic nitrogens is 3. The van der Waals surface area contributed by atoms with Gasteiger partial charge in [-0.1, -0.05) is 12.1 Å². The summed E-state index contributed by atoms with van der Waals surface area (Å²) in [7, 11) is 3.23. The van der Waals surface area contributed by atoms with E-state index < -0.39 is 0 Å². The van der Waals surface area contributed by atoms with E-state index in [4.69, 9.17) is 24.7 Å². The van der Waals surface area contributed by atoms with E-state index in [9.17, 15) is 0 Å². The number of nitrogens with two attached hydrogens (primary N) is 1. The average Bonchev–Trinajstić information content (AvgIpc) is 2.78. The number of methoxy groups -OCH3 is 2. The quantitative estimate of drug-likeness (QED) is 0.279. The van der Waals surface area contributed by atoms with Crippen molar-refractivity contribution in [3.8, 4) is 11.5 Å². The van der Waals surface area contributed by atoms with Gasteiger partial charge in [0.05, 0.1) is 40.6 Å². The number of hydrogen-bond acceptors (Lipinski definition) is 11. The standard InChI is InChI=1S/C21H35N7O4/c1-15(2)25-21-27-19(23-9-11-32-13-12-31-10-8-22)26-20(28-21)24-14-16-6-5-7-17(29-3)18(16)30-4/h5-7,15H,8-14,22H2,1-4H3,(H3,23,24,25,26,27,28). The first-order chi connectivity index (χ1) is 15.6. The van der Waals surface area contributed by atoms with Crippen LogP contribution in [0.5, 0.6) is 11.5 Å². The van der Waals surface area contributed by atoms with E-state index in [0.29, 0.717) is 75.4 Å². The molecule has 0 amide bonds. The summed E-state index contributed by atoms with van der Waals surface area (Å²) in [4.78, 5) is 13.3. The van der Waals surface area contributed by atoms with Crippen LogP contribution < -0.4 is 31.2 Å². The average molecular weight is 450 g/mol. The van der Waals surface area contributed by atoms with E-state index >= 15 is 0 Å². The van der Waals surface area contributed by atoms with Crippen molar-refractivity contribution in [1.29, 1.82) is 0 Å². The Kier molecular flexibility index (Phi) is 11.3. The summed E-state index contributed by atoms with van der Waals surface area (Å²) >= 11 is 0. The van der Waals surface area contributed by atoms with Crippen LogP contribution in [-0.2, 0) is 16.0 Å². The normalized spacial score (nSPS) is 10.8. The number of anilines is 3. The van der Waals surface area contributed by atoms with E-state index in [1.165, 1.54) is 0 Å². The molecule has 0 aliphatic carbocycles. The maximum atomic E-state index is 5.52. The second kappa shape index (κ2) is 14.2. The zero-order chi connectivity index (χ0) is 23.2. The highest BCUT2D eigenvalue weighted by atomic mass is 16.5. The Balaban J connectivity index is 1.98. The lowest BCUT2D eigenvalue weighted by Crippen LogP contribution is -2.18. The summed E-state index contributed by atoms with van der Waals surface area (Å²) in [5.41, 5.74) is 6.30. The molecular formula is C21H35N7O4. The second-order valence-corrected chi connectivity index (χ2v) is 7.05. The summed E-state index contributed by atoms with van der Waals surface area (Å²) in [6, 6.07) is 5.89. The largest absolute Gasteiger partial charge is 0.493 e. The molecular weight excluding hydrogens is 414 g/mol. The summed E-state index contributed by atoms with van der Waals surface area (Å²) in [5, 5.41) is 9.61. The maximum Gasteiger partial charge on any atom is 0.229 e. The van der Waals surface area contributed by atoms with Gasteiger partial charge in [0.25, 0.3) is 0 Å². The number of ether oxygens (including phenoxy) is 4. The molecule has 0 unspecified atom stereocenters. The van der Waals surface area contributed by atoms with Gasteiger partial charge in [0, 0.05) is 31.2 Å². The van der Waals surface area contributed by atoms with Gasteiger partial charge in [-0.05, 0) is 19.9 Å². The summed E-state index contributed by atoms with van der Waals surface area (Å²) in [5.74, 6) is 2.70. The highest BCUT2D eigenvalue weighted by Gasteiger charge is 2.11. The van der Waals surface area contributed by atoms with Crippen LogP contribution in [0.1, 0.15) is 19.4 Å². The minimum Gasteiger partial charge on any atom is -0.493 e. The molecule has 0 bridgehead atoms. The van der Waals surface area contributed by atoms with Crippen LogP contribution in [0.25, 0.3) is 0 Å². The third-order valence-corrected chi connectivity index (χ3v) is 4.14. The number of nitrogens with zero attached hydrogens (tertiary/aromatic N) is 3. The van der Waals surface area contributed by atoms with Crippen molar-refractivity contribution < 1.29 is 18.9 Å². The number of hydrogen-bond donors (Lipinski definition) is 4. The van der Waals surface area contributed by atoms with Crippen molar-refractivity contribution in [2.75, 3.05) is 69.7 Å². The van der Waals surface area contributed by atoms with Crippen molar-refractivity contribution in [3.63, 3.8) is 0 Å². The molecule has 11 heteroatoms. The van der Waals surface area contributed by atoms with Gasteiger partial charge in [-0.25, -0.2) is 0 Å². The van der Waals surface area contributed by atoms with Gasteiger partial charge in [-0.15, -0.1) is 0 Å². The lowest BCUT2D eigenvalue weighted by atomic mass is 10.2. The fraction of sp³-hybridized carbons (Fsp3) is 0.571. The molecule has 0 aliphatic heterocycles. The minimum absolute atomic E-state index is 0.174. The smallest absolute Gasteiger partial charge is 0.229 e. The summed E-state index contributed by atoms with van der Waals surface area (Å²) in [6.45, 7) is 7.61. The SMILES string of the molecule is COc1cccc(CNc2nc(NCCOCCOCCN)nc(NC(C)C)n2)c1OC. The molecule has 11 nitrogen and oxygen atoms in total. The van der Waals surface area contributed by atoms with E-state index in [-0.39, 0.29) is 6.04 Å². The molecule has 32 heavy (non-hydrogen) atoms. The van der Waals surface area contributed by atoms with Crippen molar-refractivity contribution in [2.24, 2.45) is 5.73 Å². The highest BCUT2D eigenvalue weighted by molar-refractivity contribution is 5.49. The van der Waals surface area contributed by atoms with Crippen LogP contribution in [0.15, 0.2) is 18.2 Å². The molecule has 0 saturated carbocycles. The van der Waals surface area contributed by atoms with E-state index in [0.717, 1.165) is 5.56 Å². The van der Waals surface area contributed by atoms with Crippen LogP contribution in [0, 0.1) is 0 Å².